The maximum absolute atomic E-state index is 12.5. The summed E-state index contributed by atoms with van der Waals surface area (Å²) in [7, 11) is 0. The lowest BCUT2D eigenvalue weighted by molar-refractivity contribution is 0.0247. The highest BCUT2D eigenvalue weighted by atomic mass is 32.2. The molecule has 1 atom stereocenters. The lowest BCUT2D eigenvalue weighted by atomic mass is 9.92. The van der Waals surface area contributed by atoms with Crippen molar-refractivity contribution < 1.29 is 9.53 Å². The molecule has 1 amide bonds. The Morgan fingerprint density at radius 3 is 2.96 bits per heavy atom. The summed E-state index contributed by atoms with van der Waals surface area (Å²) in [5, 5.41) is 0. The number of likely N-dealkylation sites (tertiary alicyclic amines) is 1. The van der Waals surface area contributed by atoms with Gasteiger partial charge in [0.15, 0.2) is 0 Å². The number of rotatable bonds is 4. The minimum Gasteiger partial charge on any atom is -0.371 e. The molecule has 0 saturated carbocycles. The predicted octanol–water partition coefficient (Wildman–Crippen LogP) is 3.37. The van der Waals surface area contributed by atoms with Gasteiger partial charge in [-0.15, -0.1) is 23.1 Å². The number of hydrogen-bond donors (Lipinski definition) is 0. The fourth-order valence-corrected chi connectivity index (χ4v) is 5.70. The molecule has 2 aliphatic rings. The summed E-state index contributed by atoms with van der Waals surface area (Å²) in [6, 6.07) is 9.84. The van der Waals surface area contributed by atoms with Crippen LogP contribution in [0.3, 0.4) is 0 Å². The molecule has 126 valence electrons. The Morgan fingerprint density at radius 2 is 2.25 bits per heavy atom. The number of carbonyl (C=O) groups is 1. The second-order valence-electron chi connectivity index (χ2n) is 6.52. The Balaban J connectivity index is 1.28. The van der Waals surface area contributed by atoms with Crippen LogP contribution in [0.4, 0.5) is 0 Å². The van der Waals surface area contributed by atoms with Gasteiger partial charge in [0.25, 0.3) is 5.91 Å². The first-order valence-corrected chi connectivity index (χ1v) is 9.95. The van der Waals surface area contributed by atoms with Crippen LogP contribution in [0.15, 0.2) is 36.5 Å². The van der Waals surface area contributed by atoms with Gasteiger partial charge in [-0.3, -0.25) is 9.78 Å². The molecule has 0 unspecified atom stereocenters. The first-order chi connectivity index (χ1) is 11.6. The van der Waals surface area contributed by atoms with E-state index in [0.717, 1.165) is 35.8 Å². The summed E-state index contributed by atoms with van der Waals surface area (Å²) in [6.45, 7) is 4.29. The Kier molecular flexibility index (Phi) is 4.37. The number of thioether (sulfide) groups is 1. The first-order valence-electron chi connectivity index (χ1n) is 8.15. The van der Waals surface area contributed by atoms with E-state index in [1.54, 1.807) is 17.5 Å². The average Bonchev–Trinajstić information content (AvgIpc) is 3.18. The maximum atomic E-state index is 12.5. The largest absolute Gasteiger partial charge is 0.371 e. The van der Waals surface area contributed by atoms with Crippen LogP contribution in [0, 0.1) is 6.92 Å². The second kappa shape index (κ2) is 6.50. The SMILES string of the molecule is Cc1ccc(C(=O)N2CC3(C[C@@H](OCc4ccccn4)CS3)C2)s1. The number of thiophene rings is 1. The van der Waals surface area contributed by atoms with Crippen LogP contribution in [0.25, 0.3) is 0 Å². The van der Waals surface area contributed by atoms with Crippen molar-refractivity contribution in [2.24, 2.45) is 0 Å². The quantitative estimate of drug-likeness (QED) is 0.838. The zero-order valence-electron chi connectivity index (χ0n) is 13.6. The van der Waals surface area contributed by atoms with E-state index in [2.05, 4.69) is 4.98 Å². The first kappa shape index (κ1) is 16.1. The monoisotopic (exact) mass is 360 g/mol. The van der Waals surface area contributed by atoms with Crippen LogP contribution in [-0.2, 0) is 11.3 Å². The molecule has 4 rings (SSSR count). The number of aromatic nitrogens is 1. The Bertz CT molecular complexity index is 726. The summed E-state index contributed by atoms with van der Waals surface area (Å²) in [6.07, 6.45) is 3.08. The van der Waals surface area contributed by atoms with Gasteiger partial charge >= 0.3 is 0 Å². The van der Waals surface area contributed by atoms with Gasteiger partial charge in [0.2, 0.25) is 0 Å². The summed E-state index contributed by atoms with van der Waals surface area (Å²) in [5.41, 5.74) is 0.974. The highest BCUT2D eigenvalue weighted by Gasteiger charge is 2.51. The van der Waals surface area contributed by atoms with Crippen LogP contribution in [0.5, 0.6) is 0 Å². The van der Waals surface area contributed by atoms with Gasteiger partial charge in [0, 0.05) is 29.9 Å². The second-order valence-corrected chi connectivity index (χ2v) is 9.30. The molecule has 24 heavy (non-hydrogen) atoms. The molecule has 0 radical (unpaired) electrons. The number of carbonyl (C=O) groups excluding carboxylic acids is 1. The van der Waals surface area contributed by atoms with Crippen molar-refractivity contribution in [1.29, 1.82) is 0 Å². The summed E-state index contributed by atoms with van der Waals surface area (Å²) in [5.74, 6) is 1.18. The molecule has 0 aliphatic carbocycles. The zero-order chi connectivity index (χ0) is 16.6. The normalized spacial score (nSPS) is 21.9. The number of nitrogens with zero attached hydrogens (tertiary/aromatic N) is 2. The molecule has 2 saturated heterocycles. The predicted molar refractivity (Wildman–Crippen MR) is 97.6 cm³/mol. The van der Waals surface area contributed by atoms with Crippen molar-refractivity contribution in [2.75, 3.05) is 18.8 Å². The van der Waals surface area contributed by atoms with E-state index in [4.69, 9.17) is 4.74 Å². The minimum absolute atomic E-state index is 0.178. The van der Waals surface area contributed by atoms with Crippen molar-refractivity contribution in [1.82, 2.24) is 9.88 Å². The fourth-order valence-electron chi connectivity index (χ4n) is 3.31. The topological polar surface area (TPSA) is 42.4 Å². The molecule has 2 fully saturated rings. The van der Waals surface area contributed by atoms with Crippen LogP contribution >= 0.6 is 23.1 Å². The van der Waals surface area contributed by atoms with E-state index in [-0.39, 0.29) is 16.8 Å². The molecule has 0 aromatic carbocycles. The fraction of sp³-hybridized carbons (Fsp3) is 0.444. The molecule has 2 aromatic heterocycles. The highest BCUT2D eigenvalue weighted by Crippen LogP contribution is 2.46. The third kappa shape index (κ3) is 3.23. The number of pyridine rings is 1. The molecule has 2 aliphatic heterocycles. The molecule has 4 nitrogen and oxygen atoms in total. The maximum Gasteiger partial charge on any atom is 0.264 e. The Morgan fingerprint density at radius 1 is 1.38 bits per heavy atom. The van der Waals surface area contributed by atoms with Gasteiger partial charge in [-0.25, -0.2) is 0 Å². The number of amides is 1. The molecular formula is C18H20N2O2S2. The Hall–Kier alpha value is -1.37. The molecular weight excluding hydrogens is 340 g/mol. The molecule has 0 bridgehead atoms. The van der Waals surface area contributed by atoms with Gasteiger partial charge in [0.1, 0.15) is 0 Å². The van der Waals surface area contributed by atoms with E-state index in [1.165, 1.54) is 4.88 Å². The highest BCUT2D eigenvalue weighted by molar-refractivity contribution is 8.01. The lowest BCUT2D eigenvalue weighted by Crippen LogP contribution is -2.60. The summed E-state index contributed by atoms with van der Waals surface area (Å²) >= 11 is 3.54. The molecule has 1 spiro atoms. The van der Waals surface area contributed by atoms with Crippen LogP contribution < -0.4 is 0 Å². The van der Waals surface area contributed by atoms with E-state index < -0.39 is 0 Å². The van der Waals surface area contributed by atoms with Gasteiger partial charge < -0.3 is 9.64 Å². The molecule has 6 heteroatoms. The number of hydrogen-bond acceptors (Lipinski definition) is 5. The van der Waals surface area contributed by atoms with Crippen molar-refractivity contribution in [3.05, 3.63) is 52.0 Å². The Labute approximate surface area is 150 Å². The van der Waals surface area contributed by atoms with Crippen LogP contribution in [-0.4, -0.2) is 45.5 Å². The van der Waals surface area contributed by atoms with Crippen molar-refractivity contribution in [2.45, 2.75) is 30.8 Å². The molecule has 0 N–H and O–H groups in total. The summed E-state index contributed by atoms with van der Waals surface area (Å²) in [4.78, 5) is 20.8. The molecule has 2 aromatic rings. The van der Waals surface area contributed by atoms with Crippen molar-refractivity contribution in [3.8, 4) is 0 Å². The summed E-state index contributed by atoms with van der Waals surface area (Å²) < 4.78 is 6.22. The standard InChI is InChI=1S/C18H20N2O2S2/c1-13-5-6-16(24-13)17(21)20-11-18(12-20)8-15(10-23-18)22-9-14-4-2-3-7-19-14/h2-7,15H,8-12H2,1H3/t15-/m1/s1. The van der Waals surface area contributed by atoms with E-state index in [9.17, 15) is 4.79 Å². The van der Waals surface area contributed by atoms with E-state index in [1.807, 2.05) is 53.9 Å². The van der Waals surface area contributed by atoms with Crippen molar-refractivity contribution in [3.63, 3.8) is 0 Å². The average molecular weight is 361 g/mol. The number of ether oxygens (including phenoxy) is 1. The van der Waals surface area contributed by atoms with Crippen LogP contribution in [0.2, 0.25) is 0 Å². The third-order valence-corrected chi connectivity index (χ3v) is 7.13. The minimum atomic E-state index is 0.178. The zero-order valence-corrected chi connectivity index (χ0v) is 15.2. The van der Waals surface area contributed by atoms with Gasteiger partial charge in [-0.1, -0.05) is 6.07 Å². The van der Waals surface area contributed by atoms with E-state index in [0.29, 0.717) is 6.61 Å². The lowest BCUT2D eigenvalue weighted by Gasteiger charge is -2.47. The van der Waals surface area contributed by atoms with Crippen molar-refractivity contribution >= 4 is 29.0 Å². The van der Waals surface area contributed by atoms with Crippen LogP contribution in [0.1, 0.15) is 26.7 Å². The number of aryl methyl sites for hydroxylation is 1. The smallest absolute Gasteiger partial charge is 0.264 e. The van der Waals surface area contributed by atoms with Gasteiger partial charge in [-0.05, 0) is 37.6 Å². The molecule has 4 heterocycles. The van der Waals surface area contributed by atoms with E-state index >= 15 is 0 Å². The third-order valence-electron chi connectivity index (χ3n) is 4.56. The van der Waals surface area contributed by atoms with Gasteiger partial charge in [-0.2, -0.15) is 0 Å². The van der Waals surface area contributed by atoms with Gasteiger partial charge in [0.05, 0.1) is 28.0 Å².